The Bertz CT molecular complexity index is 861. The number of hydrogen-bond donors (Lipinski definition) is 2. The third kappa shape index (κ3) is 4.61. The van der Waals surface area contributed by atoms with Gasteiger partial charge in [0.2, 0.25) is 5.91 Å². The van der Waals surface area contributed by atoms with Crippen LogP contribution >= 0.6 is 11.6 Å². The van der Waals surface area contributed by atoms with Crippen LogP contribution < -0.4 is 10.6 Å². The van der Waals surface area contributed by atoms with Crippen LogP contribution in [0.1, 0.15) is 18.3 Å². The standard InChI is InChI=1S/C19H19ClN4O/c1-14(25)23-17-8-7-16(20)11-18(17)22-12-19-21-9-10-24(19)13-15-5-3-2-4-6-15/h2-11,22H,12-13H2,1H3,(H,23,25). The van der Waals surface area contributed by atoms with Gasteiger partial charge in [-0.15, -0.1) is 0 Å². The zero-order valence-electron chi connectivity index (χ0n) is 13.9. The first kappa shape index (κ1) is 17.0. The molecule has 0 bridgehead atoms. The second-order valence-corrected chi connectivity index (χ2v) is 6.12. The lowest BCUT2D eigenvalue weighted by molar-refractivity contribution is -0.114. The summed E-state index contributed by atoms with van der Waals surface area (Å²) in [7, 11) is 0. The first-order valence-corrected chi connectivity index (χ1v) is 8.34. The SMILES string of the molecule is CC(=O)Nc1ccc(Cl)cc1NCc1nccn1Cc1ccccc1. The number of carbonyl (C=O) groups is 1. The van der Waals surface area contributed by atoms with Gasteiger partial charge in [0.1, 0.15) is 5.82 Å². The van der Waals surface area contributed by atoms with Crippen molar-refractivity contribution in [3.63, 3.8) is 0 Å². The molecule has 0 aliphatic rings. The molecule has 128 valence electrons. The molecule has 2 N–H and O–H groups in total. The van der Waals surface area contributed by atoms with Gasteiger partial charge in [0.25, 0.3) is 0 Å². The minimum atomic E-state index is -0.129. The minimum Gasteiger partial charge on any atom is -0.376 e. The van der Waals surface area contributed by atoms with E-state index in [4.69, 9.17) is 11.6 Å². The van der Waals surface area contributed by atoms with E-state index < -0.39 is 0 Å². The van der Waals surface area contributed by atoms with Gasteiger partial charge in [0, 0.05) is 30.9 Å². The van der Waals surface area contributed by atoms with Gasteiger partial charge < -0.3 is 15.2 Å². The van der Waals surface area contributed by atoms with E-state index >= 15 is 0 Å². The molecule has 0 atom stereocenters. The molecule has 1 amide bonds. The average molecular weight is 355 g/mol. The number of aromatic nitrogens is 2. The molecular weight excluding hydrogens is 336 g/mol. The van der Waals surface area contributed by atoms with E-state index in [1.807, 2.05) is 24.4 Å². The van der Waals surface area contributed by atoms with Gasteiger partial charge in [-0.1, -0.05) is 41.9 Å². The van der Waals surface area contributed by atoms with Crippen molar-refractivity contribution in [1.82, 2.24) is 9.55 Å². The van der Waals surface area contributed by atoms with Gasteiger partial charge in [-0.2, -0.15) is 0 Å². The maximum Gasteiger partial charge on any atom is 0.221 e. The number of nitrogens with one attached hydrogen (secondary N) is 2. The van der Waals surface area contributed by atoms with Crippen LogP contribution in [-0.2, 0) is 17.9 Å². The first-order valence-electron chi connectivity index (χ1n) is 7.97. The molecule has 0 unspecified atom stereocenters. The summed E-state index contributed by atoms with van der Waals surface area (Å²) in [5.41, 5.74) is 2.67. The topological polar surface area (TPSA) is 59.0 Å². The van der Waals surface area contributed by atoms with Crippen molar-refractivity contribution in [2.45, 2.75) is 20.0 Å². The molecule has 0 saturated carbocycles. The minimum absolute atomic E-state index is 0.129. The lowest BCUT2D eigenvalue weighted by Crippen LogP contribution is -2.12. The van der Waals surface area contributed by atoms with Crippen LogP contribution in [0.3, 0.4) is 0 Å². The van der Waals surface area contributed by atoms with Crippen LogP contribution in [0.2, 0.25) is 5.02 Å². The van der Waals surface area contributed by atoms with E-state index in [1.165, 1.54) is 12.5 Å². The van der Waals surface area contributed by atoms with Gasteiger partial charge in [-0.05, 0) is 23.8 Å². The van der Waals surface area contributed by atoms with E-state index in [1.54, 1.807) is 24.4 Å². The Morgan fingerprint density at radius 2 is 1.96 bits per heavy atom. The molecule has 0 radical (unpaired) electrons. The van der Waals surface area contributed by atoms with Crippen molar-refractivity contribution in [3.8, 4) is 0 Å². The molecule has 1 aromatic heterocycles. The Morgan fingerprint density at radius 3 is 2.72 bits per heavy atom. The first-order chi connectivity index (χ1) is 12.1. The number of imidazole rings is 1. The maximum atomic E-state index is 11.4. The Balaban J connectivity index is 1.73. The number of amides is 1. The van der Waals surface area contributed by atoms with Crippen LogP contribution in [0.4, 0.5) is 11.4 Å². The van der Waals surface area contributed by atoms with Crippen LogP contribution in [0.25, 0.3) is 0 Å². The van der Waals surface area contributed by atoms with Crippen molar-refractivity contribution < 1.29 is 4.79 Å². The Morgan fingerprint density at radius 1 is 1.16 bits per heavy atom. The zero-order chi connectivity index (χ0) is 17.6. The molecule has 6 heteroatoms. The summed E-state index contributed by atoms with van der Waals surface area (Å²) in [4.78, 5) is 15.8. The molecule has 5 nitrogen and oxygen atoms in total. The van der Waals surface area contributed by atoms with Gasteiger partial charge in [-0.3, -0.25) is 4.79 Å². The molecule has 2 aromatic carbocycles. The number of benzene rings is 2. The maximum absolute atomic E-state index is 11.4. The highest BCUT2D eigenvalue weighted by Gasteiger charge is 2.08. The second-order valence-electron chi connectivity index (χ2n) is 5.68. The summed E-state index contributed by atoms with van der Waals surface area (Å²) in [6.45, 7) is 2.75. The summed E-state index contributed by atoms with van der Waals surface area (Å²) in [5.74, 6) is 0.772. The fourth-order valence-electron chi connectivity index (χ4n) is 2.57. The Hall–Kier alpha value is -2.79. The molecule has 3 aromatic rings. The number of nitrogens with zero attached hydrogens (tertiary/aromatic N) is 2. The number of rotatable bonds is 6. The van der Waals surface area contributed by atoms with Gasteiger partial charge in [-0.25, -0.2) is 4.98 Å². The molecule has 1 heterocycles. The Kier molecular flexibility index (Phi) is 5.36. The van der Waals surface area contributed by atoms with Crippen LogP contribution in [0.5, 0.6) is 0 Å². The highest BCUT2D eigenvalue weighted by molar-refractivity contribution is 6.31. The van der Waals surface area contributed by atoms with Crippen LogP contribution in [0, 0.1) is 0 Å². The number of anilines is 2. The normalized spacial score (nSPS) is 10.5. The van der Waals surface area contributed by atoms with Crippen LogP contribution in [-0.4, -0.2) is 15.5 Å². The van der Waals surface area contributed by atoms with Crippen molar-refractivity contribution in [2.24, 2.45) is 0 Å². The van der Waals surface area contributed by atoms with E-state index in [-0.39, 0.29) is 5.91 Å². The van der Waals surface area contributed by atoms with Gasteiger partial charge in [0.15, 0.2) is 0 Å². The second kappa shape index (κ2) is 7.85. The molecule has 0 spiro atoms. The molecule has 0 fully saturated rings. The van der Waals surface area contributed by atoms with Crippen molar-refractivity contribution >= 4 is 28.9 Å². The van der Waals surface area contributed by atoms with Gasteiger partial charge in [0.05, 0.1) is 17.9 Å². The summed E-state index contributed by atoms with van der Waals surface area (Å²) in [5, 5.41) is 6.70. The summed E-state index contributed by atoms with van der Waals surface area (Å²) >= 11 is 6.08. The van der Waals surface area contributed by atoms with Crippen molar-refractivity contribution in [2.75, 3.05) is 10.6 Å². The molecule has 0 aliphatic carbocycles. The molecule has 0 aliphatic heterocycles. The average Bonchev–Trinajstić information content (AvgIpc) is 3.02. The largest absolute Gasteiger partial charge is 0.376 e. The predicted octanol–water partition coefficient (Wildman–Crippen LogP) is 4.16. The van der Waals surface area contributed by atoms with Crippen molar-refractivity contribution in [3.05, 3.63) is 77.3 Å². The molecule has 25 heavy (non-hydrogen) atoms. The zero-order valence-corrected chi connectivity index (χ0v) is 14.6. The third-order valence-electron chi connectivity index (χ3n) is 3.73. The van der Waals surface area contributed by atoms with Crippen molar-refractivity contribution in [1.29, 1.82) is 0 Å². The van der Waals surface area contributed by atoms with E-state index in [2.05, 4.69) is 32.3 Å². The predicted molar refractivity (Wildman–Crippen MR) is 101 cm³/mol. The van der Waals surface area contributed by atoms with E-state index in [0.717, 1.165) is 18.1 Å². The molecule has 0 saturated heterocycles. The summed E-state index contributed by atoms with van der Waals surface area (Å²) in [6.07, 6.45) is 3.74. The summed E-state index contributed by atoms with van der Waals surface area (Å²) < 4.78 is 2.09. The number of halogens is 1. The number of hydrogen-bond acceptors (Lipinski definition) is 3. The Labute approximate surface area is 151 Å². The lowest BCUT2D eigenvalue weighted by atomic mass is 10.2. The fourth-order valence-corrected chi connectivity index (χ4v) is 2.74. The fraction of sp³-hybridized carbons (Fsp3) is 0.158. The summed E-state index contributed by atoms with van der Waals surface area (Å²) in [6, 6.07) is 15.5. The molecular formula is C19H19ClN4O. The highest BCUT2D eigenvalue weighted by atomic mass is 35.5. The smallest absolute Gasteiger partial charge is 0.221 e. The highest BCUT2D eigenvalue weighted by Crippen LogP contribution is 2.26. The van der Waals surface area contributed by atoms with Crippen LogP contribution in [0.15, 0.2) is 60.9 Å². The molecule has 3 rings (SSSR count). The number of carbonyl (C=O) groups excluding carboxylic acids is 1. The monoisotopic (exact) mass is 354 g/mol. The quantitative estimate of drug-likeness (QED) is 0.699. The van der Waals surface area contributed by atoms with Gasteiger partial charge >= 0.3 is 0 Å². The van der Waals surface area contributed by atoms with E-state index in [0.29, 0.717) is 17.3 Å². The third-order valence-corrected chi connectivity index (χ3v) is 3.96. The lowest BCUT2D eigenvalue weighted by Gasteiger charge is -2.14. The van der Waals surface area contributed by atoms with E-state index in [9.17, 15) is 4.79 Å².